The van der Waals surface area contributed by atoms with E-state index in [1.807, 2.05) is 6.07 Å². The van der Waals surface area contributed by atoms with Crippen LogP contribution in [0.1, 0.15) is 65.2 Å². The Hall–Kier alpha value is -2.00. The quantitative estimate of drug-likeness (QED) is 0.342. The zero-order valence-corrected chi connectivity index (χ0v) is 23.0. The van der Waals surface area contributed by atoms with Gasteiger partial charge in [-0.25, -0.2) is 14.4 Å². The SMILES string of the molecule is CCCN(CCC)[C@H]1CC[C@H](Nc2cc(-c3ccc(F)c(NCC4(N)CCOCC4)n3)c(Cl)cn2)CC1. The predicted octanol–water partition coefficient (Wildman–Crippen LogP) is 5.70. The molecule has 7 nitrogen and oxygen atoms in total. The summed E-state index contributed by atoms with van der Waals surface area (Å²) in [4.78, 5) is 11.7. The summed E-state index contributed by atoms with van der Waals surface area (Å²) in [5.41, 5.74) is 7.34. The highest BCUT2D eigenvalue weighted by Gasteiger charge is 2.28. The molecule has 1 aliphatic carbocycles. The Morgan fingerprint density at radius 2 is 1.84 bits per heavy atom. The van der Waals surface area contributed by atoms with E-state index in [0.29, 0.717) is 42.6 Å². The first-order valence-electron chi connectivity index (χ1n) is 13.8. The fourth-order valence-corrected chi connectivity index (χ4v) is 5.69. The van der Waals surface area contributed by atoms with Gasteiger partial charge in [-0.05, 0) is 82.7 Å². The lowest BCUT2D eigenvalue weighted by Gasteiger charge is -2.37. The maximum absolute atomic E-state index is 14.6. The van der Waals surface area contributed by atoms with Crippen LogP contribution in [0.15, 0.2) is 24.4 Å². The Kier molecular flexibility index (Phi) is 9.98. The molecule has 3 heterocycles. The number of nitrogens with zero attached hydrogens (tertiary/aromatic N) is 3. The standard InChI is InChI=1S/C28H42ClFN6O/c1-3-13-36(14-4-2)21-7-5-20(6-8-21)34-26-17-22(23(29)18-32-26)25-10-9-24(30)27(35-25)33-19-28(31)11-15-37-16-12-28/h9-10,17-18,20-21H,3-8,11-16,19,31H2,1-2H3,(H,32,34)(H,33,35)/t20-,21-. The molecule has 4 N–H and O–H groups in total. The number of hydrogen-bond acceptors (Lipinski definition) is 7. The Morgan fingerprint density at radius 3 is 2.51 bits per heavy atom. The first-order valence-corrected chi connectivity index (χ1v) is 14.2. The van der Waals surface area contributed by atoms with Crippen LogP contribution in [0.25, 0.3) is 11.3 Å². The number of hydrogen-bond donors (Lipinski definition) is 3. The first kappa shape index (κ1) is 28.0. The molecular weight excluding hydrogens is 491 g/mol. The fourth-order valence-electron chi connectivity index (χ4n) is 5.49. The lowest BCUT2D eigenvalue weighted by atomic mass is 9.90. The average molecular weight is 533 g/mol. The Bertz CT molecular complexity index is 1000. The lowest BCUT2D eigenvalue weighted by Crippen LogP contribution is -2.50. The number of nitrogens with one attached hydrogen (secondary N) is 2. The molecule has 9 heteroatoms. The van der Waals surface area contributed by atoms with Crippen molar-refractivity contribution in [1.29, 1.82) is 0 Å². The van der Waals surface area contributed by atoms with Crippen LogP contribution in [-0.2, 0) is 4.74 Å². The minimum absolute atomic E-state index is 0.179. The van der Waals surface area contributed by atoms with Gasteiger partial charge in [-0.1, -0.05) is 25.4 Å². The van der Waals surface area contributed by atoms with E-state index in [-0.39, 0.29) is 5.82 Å². The molecule has 37 heavy (non-hydrogen) atoms. The highest BCUT2D eigenvalue weighted by Crippen LogP contribution is 2.32. The largest absolute Gasteiger partial charge is 0.381 e. The summed E-state index contributed by atoms with van der Waals surface area (Å²) >= 11 is 6.52. The summed E-state index contributed by atoms with van der Waals surface area (Å²) in [6, 6.07) is 6.04. The normalized spacial score (nSPS) is 21.7. The summed E-state index contributed by atoms with van der Waals surface area (Å²) in [6.07, 6.45) is 10.1. The molecule has 0 atom stereocenters. The summed E-state index contributed by atoms with van der Waals surface area (Å²) in [5.74, 6) is 0.531. The number of pyridine rings is 2. The number of anilines is 2. The third-order valence-electron chi connectivity index (χ3n) is 7.66. The van der Waals surface area contributed by atoms with Gasteiger partial charge in [0.05, 0.1) is 10.7 Å². The molecule has 0 radical (unpaired) electrons. The molecule has 2 aromatic rings. The van der Waals surface area contributed by atoms with E-state index in [4.69, 9.17) is 22.1 Å². The van der Waals surface area contributed by atoms with Gasteiger partial charge < -0.3 is 26.0 Å². The first-order chi connectivity index (χ1) is 17.9. The van der Waals surface area contributed by atoms with Crippen molar-refractivity contribution in [2.45, 2.75) is 82.8 Å². The fraction of sp³-hybridized carbons (Fsp3) is 0.643. The molecule has 0 amide bonds. The highest BCUT2D eigenvalue weighted by molar-refractivity contribution is 6.33. The van der Waals surface area contributed by atoms with E-state index >= 15 is 0 Å². The number of aromatic nitrogens is 2. The van der Waals surface area contributed by atoms with Crippen molar-refractivity contribution in [3.05, 3.63) is 35.2 Å². The van der Waals surface area contributed by atoms with Crippen LogP contribution in [0.3, 0.4) is 0 Å². The van der Waals surface area contributed by atoms with Crippen molar-refractivity contribution in [3.63, 3.8) is 0 Å². The van der Waals surface area contributed by atoms with Gasteiger partial charge in [-0.3, -0.25) is 0 Å². The van der Waals surface area contributed by atoms with Gasteiger partial charge in [-0.2, -0.15) is 0 Å². The molecule has 0 spiro atoms. The van der Waals surface area contributed by atoms with Gasteiger partial charge in [-0.15, -0.1) is 0 Å². The van der Waals surface area contributed by atoms with Gasteiger partial charge in [0.15, 0.2) is 11.6 Å². The third-order valence-corrected chi connectivity index (χ3v) is 7.96. The topological polar surface area (TPSA) is 88.3 Å². The van der Waals surface area contributed by atoms with Gasteiger partial charge in [0.1, 0.15) is 5.82 Å². The summed E-state index contributed by atoms with van der Waals surface area (Å²) in [7, 11) is 0. The van der Waals surface area contributed by atoms with E-state index in [2.05, 4.69) is 39.3 Å². The number of ether oxygens (including phenoxy) is 1. The molecule has 2 aliphatic rings. The Morgan fingerprint density at radius 1 is 1.14 bits per heavy atom. The third kappa shape index (κ3) is 7.53. The molecule has 204 valence electrons. The van der Waals surface area contributed by atoms with Crippen LogP contribution in [-0.4, -0.2) is 65.3 Å². The molecule has 0 bridgehead atoms. The molecule has 2 aromatic heterocycles. The van der Waals surface area contributed by atoms with Crippen LogP contribution >= 0.6 is 11.6 Å². The van der Waals surface area contributed by atoms with E-state index in [1.54, 1.807) is 12.3 Å². The number of rotatable bonds is 11. The van der Waals surface area contributed by atoms with Crippen molar-refractivity contribution in [2.75, 3.05) is 43.5 Å². The van der Waals surface area contributed by atoms with Gasteiger partial charge in [0.2, 0.25) is 0 Å². The van der Waals surface area contributed by atoms with Gasteiger partial charge >= 0.3 is 0 Å². The molecule has 1 saturated heterocycles. The van der Waals surface area contributed by atoms with Crippen molar-refractivity contribution in [1.82, 2.24) is 14.9 Å². The maximum atomic E-state index is 14.6. The number of nitrogens with two attached hydrogens (primary N) is 1. The predicted molar refractivity (Wildman–Crippen MR) is 150 cm³/mol. The minimum Gasteiger partial charge on any atom is -0.381 e. The molecule has 0 unspecified atom stereocenters. The highest BCUT2D eigenvalue weighted by atomic mass is 35.5. The zero-order valence-electron chi connectivity index (χ0n) is 22.2. The molecule has 1 aliphatic heterocycles. The molecule has 2 fully saturated rings. The number of halogens is 2. The van der Waals surface area contributed by atoms with Crippen LogP contribution in [0, 0.1) is 5.82 Å². The molecule has 0 aromatic carbocycles. The van der Waals surface area contributed by atoms with E-state index in [9.17, 15) is 4.39 Å². The van der Waals surface area contributed by atoms with Crippen LogP contribution < -0.4 is 16.4 Å². The summed E-state index contributed by atoms with van der Waals surface area (Å²) < 4.78 is 20.0. The maximum Gasteiger partial charge on any atom is 0.165 e. The van der Waals surface area contributed by atoms with Gasteiger partial charge in [0, 0.05) is 49.1 Å². The lowest BCUT2D eigenvalue weighted by molar-refractivity contribution is 0.0574. The second kappa shape index (κ2) is 13.2. The molecule has 1 saturated carbocycles. The van der Waals surface area contributed by atoms with Crippen molar-refractivity contribution in [2.24, 2.45) is 5.73 Å². The zero-order chi connectivity index (χ0) is 26.3. The Balaban J connectivity index is 1.41. The molecular formula is C28H42ClFN6O. The van der Waals surface area contributed by atoms with Crippen LogP contribution in [0.4, 0.5) is 16.0 Å². The Labute approximate surface area is 225 Å². The van der Waals surface area contributed by atoms with Crippen molar-refractivity contribution >= 4 is 23.2 Å². The van der Waals surface area contributed by atoms with Gasteiger partial charge in [0.25, 0.3) is 0 Å². The second-order valence-electron chi connectivity index (χ2n) is 10.6. The van der Waals surface area contributed by atoms with Crippen LogP contribution in [0.5, 0.6) is 0 Å². The van der Waals surface area contributed by atoms with Crippen LogP contribution in [0.2, 0.25) is 5.02 Å². The van der Waals surface area contributed by atoms with Crippen molar-refractivity contribution < 1.29 is 9.13 Å². The monoisotopic (exact) mass is 532 g/mol. The average Bonchev–Trinajstić information content (AvgIpc) is 2.90. The van der Waals surface area contributed by atoms with E-state index in [1.165, 1.54) is 44.8 Å². The molecule has 4 rings (SSSR count). The smallest absolute Gasteiger partial charge is 0.165 e. The minimum atomic E-state index is -0.434. The van der Waals surface area contributed by atoms with E-state index < -0.39 is 11.4 Å². The van der Waals surface area contributed by atoms with Crippen molar-refractivity contribution in [3.8, 4) is 11.3 Å². The summed E-state index contributed by atoms with van der Waals surface area (Å²) in [5, 5.41) is 7.21. The second-order valence-corrected chi connectivity index (χ2v) is 11.0. The van der Waals surface area contributed by atoms with E-state index in [0.717, 1.165) is 37.1 Å². The summed E-state index contributed by atoms with van der Waals surface area (Å²) in [6.45, 7) is 8.55.